The van der Waals surface area contributed by atoms with Crippen LogP contribution < -0.4 is 5.32 Å². The first kappa shape index (κ1) is 14.6. The molecular weight excluding hydrogens is 275 g/mol. The lowest BCUT2D eigenvalue weighted by molar-refractivity contribution is -0.142. The number of thioether (sulfide) groups is 1. The van der Waals surface area contributed by atoms with Crippen molar-refractivity contribution >= 4 is 11.8 Å². The summed E-state index contributed by atoms with van der Waals surface area (Å²) in [6.07, 6.45) is -2.88. The van der Waals surface area contributed by atoms with E-state index in [1.807, 2.05) is 6.92 Å². The van der Waals surface area contributed by atoms with Crippen molar-refractivity contribution in [3.8, 4) is 0 Å². The van der Waals surface area contributed by atoms with Crippen LogP contribution in [0.25, 0.3) is 0 Å². The standard InChI is InChI=1S/C12H16F3N3S/c1-2-5-19-7-10-17-9-3-4-16-6-8(9)11(18-10)12(13,14)15/h16H,2-7H2,1H3. The van der Waals surface area contributed by atoms with Crippen molar-refractivity contribution in [1.82, 2.24) is 15.3 Å². The second-order valence-electron chi connectivity index (χ2n) is 4.39. The minimum absolute atomic E-state index is 0.201. The predicted octanol–water partition coefficient (Wildman–Crippen LogP) is 2.78. The minimum Gasteiger partial charge on any atom is -0.312 e. The zero-order chi connectivity index (χ0) is 13.9. The third-order valence-electron chi connectivity index (χ3n) is 2.83. The summed E-state index contributed by atoms with van der Waals surface area (Å²) in [5, 5.41) is 2.94. The van der Waals surface area contributed by atoms with E-state index in [9.17, 15) is 13.2 Å². The highest BCUT2D eigenvalue weighted by atomic mass is 32.2. The number of rotatable bonds is 4. The van der Waals surface area contributed by atoms with Gasteiger partial charge in [-0.05, 0) is 12.2 Å². The summed E-state index contributed by atoms with van der Waals surface area (Å²) >= 11 is 1.57. The van der Waals surface area contributed by atoms with Crippen molar-refractivity contribution in [2.45, 2.75) is 38.2 Å². The molecule has 0 aromatic carbocycles. The molecule has 0 amide bonds. The molecule has 1 N–H and O–H groups in total. The van der Waals surface area contributed by atoms with E-state index in [-0.39, 0.29) is 12.1 Å². The van der Waals surface area contributed by atoms with E-state index < -0.39 is 11.9 Å². The third-order valence-corrected chi connectivity index (χ3v) is 3.99. The molecule has 1 aromatic heterocycles. The molecule has 106 valence electrons. The fourth-order valence-electron chi connectivity index (χ4n) is 2.00. The summed E-state index contributed by atoms with van der Waals surface area (Å²) in [6, 6.07) is 0. The second kappa shape index (κ2) is 6.09. The lowest BCUT2D eigenvalue weighted by Gasteiger charge is -2.21. The Morgan fingerprint density at radius 1 is 1.32 bits per heavy atom. The van der Waals surface area contributed by atoms with Gasteiger partial charge in [-0.2, -0.15) is 24.9 Å². The maximum atomic E-state index is 13.0. The summed E-state index contributed by atoms with van der Waals surface area (Å²) < 4.78 is 39.1. The molecule has 2 heterocycles. The summed E-state index contributed by atoms with van der Waals surface area (Å²) in [4.78, 5) is 8.02. The number of halogens is 3. The first-order valence-corrected chi connectivity index (χ1v) is 7.42. The molecule has 1 aliphatic heterocycles. The molecule has 0 aliphatic carbocycles. The van der Waals surface area contributed by atoms with E-state index in [1.54, 1.807) is 11.8 Å². The van der Waals surface area contributed by atoms with Crippen molar-refractivity contribution in [1.29, 1.82) is 0 Å². The van der Waals surface area contributed by atoms with Gasteiger partial charge in [0.25, 0.3) is 0 Å². The van der Waals surface area contributed by atoms with Gasteiger partial charge in [0.1, 0.15) is 5.82 Å². The summed E-state index contributed by atoms with van der Waals surface area (Å²) in [5.74, 6) is 1.65. The highest BCUT2D eigenvalue weighted by Crippen LogP contribution is 2.32. The molecule has 0 saturated heterocycles. The van der Waals surface area contributed by atoms with Crippen LogP contribution in [0.1, 0.15) is 36.1 Å². The Bertz CT molecular complexity index is 449. The molecule has 3 nitrogen and oxygen atoms in total. The van der Waals surface area contributed by atoms with Gasteiger partial charge in [-0.1, -0.05) is 6.92 Å². The normalized spacial score (nSPS) is 15.4. The largest absolute Gasteiger partial charge is 0.433 e. The number of nitrogens with zero attached hydrogens (tertiary/aromatic N) is 2. The maximum absolute atomic E-state index is 13.0. The lowest BCUT2D eigenvalue weighted by atomic mass is 10.0. The molecule has 0 saturated carbocycles. The van der Waals surface area contributed by atoms with Crippen molar-refractivity contribution in [3.63, 3.8) is 0 Å². The Balaban J connectivity index is 2.31. The van der Waals surface area contributed by atoms with Gasteiger partial charge < -0.3 is 5.32 Å². The molecular formula is C12H16F3N3S. The monoisotopic (exact) mass is 291 g/mol. The lowest BCUT2D eigenvalue weighted by Crippen LogP contribution is -2.29. The van der Waals surface area contributed by atoms with Crippen LogP contribution in [0.4, 0.5) is 13.2 Å². The van der Waals surface area contributed by atoms with E-state index in [4.69, 9.17) is 0 Å². The van der Waals surface area contributed by atoms with Gasteiger partial charge in [0.05, 0.1) is 11.4 Å². The Morgan fingerprint density at radius 2 is 2.11 bits per heavy atom. The van der Waals surface area contributed by atoms with Crippen LogP contribution in [0.15, 0.2) is 0 Å². The Morgan fingerprint density at radius 3 is 2.79 bits per heavy atom. The molecule has 0 atom stereocenters. The van der Waals surface area contributed by atoms with Crippen LogP contribution >= 0.6 is 11.8 Å². The Hall–Kier alpha value is -0.820. The smallest absolute Gasteiger partial charge is 0.312 e. The molecule has 19 heavy (non-hydrogen) atoms. The molecule has 0 spiro atoms. The fraction of sp³-hybridized carbons (Fsp3) is 0.667. The fourth-order valence-corrected chi connectivity index (χ4v) is 2.75. The molecule has 7 heteroatoms. The zero-order valence-electron chi connectivity index (χ0n) is 10.7. The first-order valence-electron chi connectivity index (χ1n) is 6.26. The maximum Gasteiger partial charge on any atom is 0.433 e. The van der Waals surface area contributed by atoms with Crippen LogP contribution in [-0.4, -0.2) is 22.3 Å². The van der Waals surface area contributed by atoms with Gasteiger partial charge in [0, 0.05) is 25.1 Å². The highest BCUT2D eigenvalue weighted by Gasteiger charge is 2.37. The van der Waals surface area contributed by atoms with E-state index in [0.29, 0.717) is 30.2 Å². The predicted molar refractivity (Wildman–Crippen MR) is 68.9 cm³/mol. The first-order chi connectivity index (χ1) is 9.02. The number of alkyl halides is 3. The van der Waals surface area contributed by atoms with Crippen LogP contribution in [0.3, 0.4) is 0 Å². The van der Waals surface area contributed by atoms with E-state index >= 15 is 0 Å². The SMILES string of the molecule is CCCSCc1nc2c(c(C(F)(F)F)n1)CNCC2. The molecule has 0 radical (unpaired) electrons. The molecule has 0 bridgehead atoms. The Labute approximate surface area is 114 Å². The minimum atomic E-state index is -4.41. The second-order valence-corrected chi connectivity index (χ2v) is 5.50. The van der Waals surface area contributed by atoms with Crippen LogP contribution in [-0.2, 0) is 24.9 Å². The number of hydrogen-bond acceptors (Lipinski definition) is 4. The third kappa shape index (κ3) is 3.60. The summed E-state index contributed by atoms with van der Waals surface area (Å²) in [5.41, 5.74) is -0.00652. The number of fused-ring (bicyclic) bond motifs is 1. The Kier molecular flexibility index (Phi) is 4.67. The quantitative estimate of drug-likeness (QED) is 0.866. The molecule has 1 aliphatic rings. The highest BCUT2D eigenvalue weighted by molar-refractivity contribution is 7.98. The average molecular weight is 291 g/mol. The van der Waals surface area contributed by atoms with Crippen molar-refractivity contribution in [2.24, 2.45) is 0 Å². The molecule has 1 aromatic rings. The zero-order valence-corrected chi connectivity index (χ0v) is 11.5. The number of hydrogen-bond donors (Lipinski definition) is 1. The van der Waals surface area contributed by atoms with Crippen molar-refractivity contribution < 1.29 is 13.2 Å². The number of aromatic nitrogens is 2. The van der Waals surface area contributed by atoms with Crippen molar-refractivity contribution in [2.75, 3.05) is 12.3 Å². The van der Waals surface area contributed by atoms with E-state index in [0.717, 1.165) is 12.2 Å². The van der Waals surface area contributed by atoms with Crippen LogP contribution in [0.5, 0.6) is 0 Å². The van der Waals surface area contributed by atoms with Gasteiger partial charge in [-0.3, -0.25) is 0 Å². The molecule has 2 rings (SSSR count). The van der Waals surface area contributed by atoms with Crippen LogP contribution in [0.2, 0.25) is 0 Å². The number of nitrogens with one attached hydrogen (secondary N) is 1. The van der Waals surface area contributed by atoms with Gasteiger partial charge >= 0.3 is 6.18 Å². The summed E-state index contributed by atoms with van der Waals surface area (Å²) in [6.45, 7) is 2.91. The molecule has 0 unspecified atom stereocenters. The van der Waals surface area contributed by atoms with Gasteiger partial charge in [-0.15, -0.1) is 0 Å². The van der Waals surface area contributed by atoms with Crippen LogP contribution in [0, 0.1) is 0 Å². The summed E-state index contributed by atoms with van der Waals surface area (Å²) in [7, 11) is 0. The van der Waals surface area contributed by atoms with Gasteiger partial charge in [0.2, 0.25) is 0 Å². The van der Waals surface area contributed by atoms with Gasteiger partial charge in [-0.25, -0.2) is 9.97 Å². The van der Waals surface area contributed by atoms with E-state index in [2.05, 4.69) is 15.3 Å². The van der Waals surface area contributed by atoms with Gasteiger partial charge in [0.15, 0.2) is 5.69 Å². The topological polar surface area (TPSA) is 37.8 Å². The van der Waals surface area contributed by atoms with Crippen molar-refractivity contribution in [3.05, 3.63) is 22.8 Å². The average Bonchev–Trinajstić information content (AvgIpc) is 2.37. The molecule has 0 fully saturated rings. The van der Waals surface area contributed by atoms with E-state index in [1.165, 1.54) is 0 Å².